The Kier molecular flexibility index (Phi) is 4.23. The molecule has 1 saturated heterocycles. The van der Waals surface area contributed by atoms with Crippen LogP contribution in [0.4, 0.5) is 0 Å². The van der Waals surface area contributed by atoms with Gasteiger partial charge in [0.25, 0.3) is 0 Å². The van der Waals surface area contributed by atoms with Crippen LogP contribution in [0.2, 0.25) is 0 Å². The van der Waals surface area contributed by atoms with E-state index in [9.17, 15) is 0 Å². The summed E-state index contributed by atoms with van der Waals surface area (Å²) in [6, 6.07) is 5.96. The summed E-state index contributed by atoms with van der Waals surface area (Å²) in [5, 5.41) is 4.00. The van der Waals surface area contributed by atoms with Crippen molar-refractivity contribution in [3.63, 3.8) is 0 Å². The normalized spacial score (nSPS) is 20.8. The lowest BCUT2D eigenvalue weighted by Crippen LogP contribution is -2.54. The minimum atomic E-state index is 0.328. The molecule has 0 aliphatic carbocycles. The van der Waals surface area contributed by atoms with E-state index in [0.29, 0.717) is 30.8 Å². The van der Waals surface area contributed by atoms with E-state index in [1.54, 1.807) is 6.20 Å². The Morgan fingerprint density at radius 2 is 2.29 bits per heavy atom. The minimum absolute atomic E-state index is 0.328. The molecule has 2 aromatic heterocycles. The summed E-state index contributed by atoms with van der Waals surface area (Å²) >= 11 is 0. The molecule has 2 aromatic rings. The molecular weight excluding hydrogens is 268 g/mol. The summed E-state index contributed by atoms with van der Waals surface area (Å²) < 4.78 is 5.34. The van der Waals surface area contributed by atoms with Crippen molar-refractivity contribution in [1.82, 2.24) is 24.9 Å². The number of aromatic nitrogens is 3. The maximum atomic E-state index is 5.86. The Morgan fingerprint density at radius 1 is 1.38 bits per heavy atom. The number of hydrogen-bond donors (Lipinski definition) is 1. The second-order valence-corrected chi connectivity index (χ2v) is 5.35. The summed E-state index contributed by atoms with van der Waals surface area (Å²) in [4.78, 5) is 13.2. The highest BCUT2D eigenvalue weighted by molar-refractivity contribution is 5.46. The molecule has 1 aliphatic rings. The quantitative estimate of drug-likeness (QED) is 0.860. The third kappa shape index (κ3) is 3.26. The number of likely N-dealkylation sites (N-methyl/N-ethyl adjacent to an activating group) is 1. The molecule has 3 heterocycles. The smallest absolute Gasteiger partial charge is 0.241 e. The van der Waals surface area contributed by atoms with Crippen molar-refractivity contribution in [2.45, 2.75) is 12.6 Å². The molecule has 2 N–H and O–H groups in total. The maximum absolute atomic E-state index is 5.86. The van der Waals surface area contributed by atoms with E-state index in [4.69, 9.17) is 10.3 Å². The molecule has 1 atom stereocenters. The SMILES string of the molecule is CN1CCN(Cc2nc(-c3ccccn3)no2)C(CN)C1. The molecule has 1 unspecified atom stereocenters. The highest BCUT2D eigenvalue weighted by atomic mass is 16.5. The molecular formula is C14H20N6O. The standard InChI is InChI=1S/C14H20N6O/c1-19-6-7-20(11(8-15)9-19)10-13-17-14(18-21-13)12-4-2-3-5-16-12/h2-5,11H,6-10,15H2,1H3. The first-order chi connectivity index (χ1) is 10.3. The fraction of sp³-hybridized carbons (Fsp3) is 0.500. The largest absolute Gasteiger partial charge is 0.337 e. The first-order valence-corrected chi connectivity index (χ1v) is 7.13. The lowest BCUT2D eigenvalue weighted by Gasteiger charge is -2.38. The summed E-state index contributed by atoms with van der Waals surface area (Å²) in [7, 11) is 2.12. The zero-order valence-corrected chi connectivity index (χ0v) is 12.1. The fourth-order valence-electron chi connectivity index (χ4n) is 2.57. The van der Waals surface area contributed by atoms with Crippen molar-refractivity contribution < 1.29 is 4.52 Å². The molecule has 0 aromatic carbocycles. The minimum Gasteiger partial charge on any atom is -0.337 e. The molecule has 1 aliphatic heterocycles. The summed E-state index contributed by atoms with van der Waals surface area (Å²) in [5.41, 5.74) is 6.58. The van der Waals surface area contributed by atoms with Gasteiger partial charge in [-0.25, -0.2) is 0 Å². The van der Waals surface area contributed by atoms with Crippen molar-refractivity contribution >= 4 is 0 Å². The van der Waals surface area contributed by atoms with Crippen molar-refractivity contribution in [2.75, 3.05) is 33.2 Å². The van der Waals surface area contributed by atoms with Gasteiger partial charge in [0.2, 0.25) is 11.7 Å². The van der Waals surface area contributed by atoms with Crippen LogP contribution in [0.5, 0.6) is 0 Å². The lowest BCUT2D eigenvalue weighted by atomic mass is 10.2. The van der Waals surface area contributed by atoms with Crippen molar-refractivity contribution in [2.24, 2.45) is 5.73 Å². The Hall–Kier alpha value is -1.83. The second kappa shape index (κ2) is 6.30. The van der Waals surface area contributed by atoms with E-state index < -0.39 is 0 Å². The number of nitrogens with zero attached hydrogens (tertiary/aromatic N) is 5. The summed E-state index contributed by atoms with van der Waals surface area (Å²) in [6.45, 7) is 4.22. The van der Waals surface area contributed by atoms with Gasteiger partial charge < -0.3 is 15.2 Å². The number of pyridine rings is 1. The van der Waals surface area contributed by atoms with Gasteiger partial charge in [0, 0.05) is 38.4 Å². The average Bonchev–Trinajstić information content (AvgIpc) is 2.98. The number of nitrogens with two attached hydrogens (primary N) is 1. The van der Waals surface area contributed by atoms with Gasteiger partial charge in [-0.05, 0) is 19.2 Å². The number of hydrogen-bond acceptors (Lipinski definition) is 7. The summed E-state index contributed by atoms with van der Waals surface area (Å²) in [5.74, 6) is 1.14. The predicted molar refractivity (Wildman–Crippen MR) is 78.3 cm³/mol. The van der Waals surface area contributed by atoms with Gasteiger partial charge in [0.05, 0.1) is 6.54 Å². The molecule has 21 heavy (non-hydrogen) atoms. The van der Waals surface area contributed by atoms with Crippen LogP contribution in [-0.4, -0.2) is 64.2 Å². The van der Waals surface area contributed by atoms with Crippen LogP contribution < -0.4 is 5.73 Å². The molecule has 0 saturated carbocycles. The highest BCUT2D eigenvalue weighted by Crippen LogP contribution is 2.15. The van der Waals surface area contributed by atoms with Crippen LogP contribution in [0.3, 0.4) is 0 Å². The predicted octanol–water partition coefficient (Wildman–Crippen LogP) is 0.206. The number of rotatable bonds is 4. The molecule has 1 fully saturated rings. The van der Waals surface area contributed by atoms with Gasteiger partial charge >= 0.3 is 0 Å². The van der Waals surface area contributed by atoms with Gasteiger partial charge in [0.15, 0.2) is 0 Å². The van der Waals surface area contributed by atoms with Crippen LogP contribution in [-0.2, 0) is 6.54 Å². The highest BCUT2D eigenvalue weighted by Gasteiger charge is 2.25. The molecule has 0 amide bonds. The zero-order valence-electron chi connectivity index (χ0n) is 12.1. The van der Waals surface area contributed by atoms with Crippen molar-refractivity contribution in [1.29, 1.82) is 0 Å². The Morgan fingerprint density at radius 3 is 3.05 bits per heavy atom. The van der Waals surface area contributed by atoms with E-state index in [1.807, 2.05) is 18.2 Å². The van der Waals surface area contributed by atoms with E-state index in [0.717, 1.165) is 25.3 Å². The van der Waals surface area contributed by atoms with Gasteiger partial charge in [-0.15, -0.1) is 0 Å². The molecule has 0 spiro atoms. The topological polar surface area (TPSA) is 84.3 Å². The first kappa shape index (κ1) is 14.1. The lowest BCUT2D eigenvalue weighted by molar-refractivity contribution is 0.0784. The van der Waals surface area contributed by atoms with Crippen LogP contribution in [0.25, 0.3) is 11.5 Å². The molecule has 3 rings (SSSR count). The fourth-order valence-corrected chi connectivity index (χ4v) is 2.57. The molecule has 0 bridgehead atoms. The van der Waals surface area contributed by atoms with Crippen LogP contribution in [0, 0.1) is 0 Å². The Bertz CT molecular complexity index is 572. The van der Waals surface area contributed by atoms with Crippen molar-refractivity contribution in [3.8, 4) is 11.5 Å². The summed E-state index contributed by atoms with van der Waals surface area (Å²) in [6.07, 6.45) is 1.72. The first-order valence-electron chi connectivity index (χ1n) is 7.13. The molecule has 112 valence electrons. The molecule has 7 heteroatoms. The Balaban J connectivity index is 1.69. The van der Waals surface area contributed by atoms with E-state index in [-0.39, 0.29) is 0 Å². The van der Waals surface area contributed by atoms with E-state index in [2.05, 4.69) is 32.0 Å². The monoisotopic (exact) mass is 288 g/mol. The number of piperazine rings is 1. The third-order valence-corrected chi connectivity index (χ3v) is 3.78. The molecule has 0 radical (unpaired) electrons. The van der Waals surface area contributed by atoms with E-state index >= 15 is 0 Å². The molecule has 7 nitrogen and oxygen atoms in total. The Labute approximate surface area is 123 Å². The van der Waals surface area contributed by atoms with Crippen molar-refractivity contribution in [3.05, 3.63) is 30.3 Å². The van der Waals surface area contributed by atoms with Gasteiger partial charge in [-0.3, -0.25) is 9.88 Å². The second-order valence-electron chi connectivity index (χ2n) is 5.35. The van der Waals surface area contributed by atoms with Gasteiger partial charge in [-0.1, -0.05) is 11.2 Å². The van der Waals surface area contributed by atoms with E-state index in [1.165, 1.54) is 0 Å². The van der Waals surface area contributed by atoms with Crippen LogP contribution >= 0.6 is 0 Å². The average molecular weight is 288 g/mol. The van der Waals surface area contributed by atoms with Crippen LogP contribution in [0.1, 0.15) is 5.89 Å². The zero-order chi connectivity index (χ0) is 14.7. The maximum Gasteiger partial charge on any atom is 0.241 e. The van der Waals surface area contributed by atoms with Gasteiger partial charge in [-0.2, -0.15) is 4.98 Å². The third-order valence-electron chi connectivity index (χ3n) is 3.78. The van der Waals surface area contributed by atoms with Crippen LogP contribution in [0.15, 0.2) is 28.9 Å². The van der Waals surface area contributed by atoms with Gasteiger partial charge in [0.1, 0.15) is 5.69 Å².